The Hall–Kier alpha value is -2.35. The topological polar surface area (TPSA) is 91.7 Å². The maximum Gasteiger partial charge on any atom is 0.213 e. The first-order chi connectivity index (χ1) is 14.2. The number of likely N-dealkylation sites (tertiary alicyclic amines) is 1. The smallest absolute Gasteiger partial charge is 0.213 e. The van der Waals surface area contributed by atoms with Crippen LogP contribution in [0.25, 0.3) is 0 Å². The summed E-state index contributed by atoms with van der Waals surface area (Å²) < 4.78 is 11.6. The SMILES string of the molecule is CN=C(NCc1ncc(C(C)(C)C)o1)NCC1CCN(Cc2nc(C)c(C)o2)CC1. The van der Waals surface area contributed by atoms with Crippen LogP contribution in [-0.2, 0) is 18.5 Å². The molecule has 0 bridgehead atoms. The van der Waals surface area contributed by atoms with Crippen molar-refractivity contribution in [1.82, 2.24) is 25.5 Å². The standard InChI is InChI=1S/C22H36N6O2/c1-15-16(2)29-20(27-15)14-28-9-7-17(8-10-28)11-25-21(23-6)26-13-19-24-12-18(30-19)22(3,4)5/h12,17H,7-11,13-14H2,1-6H3,(H2,23,25,26). The highest BCUT2D eigenvalue weighted by atomic mass is 16.4. The van der Waals surface area contributed by atoms with Crippen LogP contribution in [-0.4, -0.2) is 47.5 Å². The Balaban J connectivity index is 1.38. The van der Waals surface area contributed by atoms with Gasteiger partial charge in [-0.3, -0.25) is 9.89 Å². The molecule has 2 N–H and O–H groups in total. The number of nitrogens with one attached hydrogen (secondary N) is 2. The predicted molar refractivity (Wildman–Crippen MR) is 117 cm³/mol. The Kier molecular flexibility index (Phi) is 7.18. The number of oxazole rings is 2. The molecule has 8 heteroatoms. The third-order valence-electron chi connectivity index (χ3n) is 5.62. The largest absolute Gasteiger partial charge is 0.444 e. The van der Waals surface area contributed by atoms with Gasteiger partial charge in [0.05, 0.1) is 25.0 Å². The van der Waals surface area contributed by atoms with E-state index in [1.165, 1.54) is 0 Å². The molecule has 30 heavy (non-hydrogen) atoms. The van der Waals surface area contributed by atoms with Gasteiger partial charge in [0.25, 0.3) is 0 Å². The van der Waals surface area contributed by atoms with Crippen molar-refractivity contribution in [3.63, 3.8) is 0 Å². The predicted octanol–water partition coefficient (Wildman–Crippen LogP) is 3.15. The summed E-state index contributed by atoms with van der Waals surface area (Å²) >= 11 is 0. The number of piperidine rings is 1. The Morgan fingerprint density at radius 1 is 1.17 bits per heavy atom. The maximum atomic E-state index is 5.83. The van der Waals surface area contributed by atoms with Crippen molar-refractivity contribution in [2.24, 2.45) is 10.9 Å². The third kappa shape index (κ3) is 6.08. The Labute approximate surface area is 179 Å². The van der Waals surface area contributed by atoms with Crippen LogP contribution in [0.15, 0.2) is 20.0 Å². The zero-order valence-corrected chi connectivity index (χ0v) is 19.2. The normalized spacial score (nSPS) is 16.8. The van der Waals surface area contributed by atoms with Crippen LogP contribution in [0.1, 0.15) is 62.6 Å². The molecular weight excluding hydrogens is 380 g/mol. The molecule has 0 aliphatic carbocycles. The second-order valence-corrected chi connectivity index (χ2v) is 9.14. The van der Waals surface area contributed by atoms with Gasteiger partial charge in [-0.2, -0.15) is 0 Å². The summed E-state index contributed by atoms with van der Waals surface area (Å²) in [5.74, 6) is 4.72. The van der Waals surface area contributed by atoms with Crippen LogP contribution >= 0.6 is 0 Å². The Morgan fingerprint density at radius 3 is 2.47 bits per heavy atom. The Morgan fingerprint density at radius 2 is 1.90 bits per heavy atom. The number of hydrogen-bond donors (Lipinski definition) is 2. The fraction of sp³-hybridized carbons (Fsp3) is 0.682. The van der Waals surface area contributed by atoms with Gasteiger partial charge >= 0.3 is 0 Å². The lowest BCUT2D eigenvalue weighted by Crippen LogP contribution is -2.42. The minimum atomic E-state index is -0.0370. The number of hydrogen-bond acceptors (Lipinski definition) is 6. The molecule has 2 aromatic rings. The van der Waals surface area contributed by atoms with Crippen molar-refractivity contribution in [2.45, 2.75) is 66.0 Å². The maximum absolute atomic E-state index is 5.83. The van der Waals surface area contributed by atoms with Gasteiger partial charge in [0, 0.05) is 19.0 Å². The van der Waals surface area contributed by atoms with Crippen molar-refractivity contribution >= 4 is 5.96 Å². The molecule has 0 radical (unpaired) electrons. The molecule has 3 heterocycles. The van der Waals surface area contributed by atoms with Gasteiger partial charge in [-0.05, 0) is 45.7 Å². The molecule has 166 valence electrons. The summed E-state index contributed by atoms with van der Waals surface area (Å²) in [4.78, 5) is 15.6. The Bertz CT molecular complexity index is 821. The van der Waals surface area contributed by atoms with Crippen molar-refractivity contribution in [1.29, 1.82) is 0 Å². The van der Waals surface area contributed by atoms with Crippen LogP contribution in [0.2, 0.25) is 0 Å². The number of aromatic nitrogens is 2. The second kappa shape index (κ2) is 9.64. The highest BCUT2D eigenvalue weighted by Crippen LogP contribution is 2.22. The molecule has 1 aliphatic rings. The first-order valence-electron chi connectivity index (χ1n) is 10.8. The lowest BCUT2D eigenvalue weighted by molar-refractivity contribution is 0.164. The summed E-state index contributed by atoms with van der Waals surface area (Å²) in [6.07, 6.45) is 4.11. The van der Waals surface area contributed by atoms with E-state index >= 15 is 0 Å². The van der Waals surface area contributed by atoms with Crippen LogP contribution in [0.4, 0.5) is 0 Å². The molecule has 0 unspecified atom stereocenters. The number of rotatable bonds is 6. The van der Waals surface area contributed by atoms with Crippen molar-refractivity contribution in [2.75, 3.05) is 26.7 Å². The van der Waals surface area contributed by atoms with Gasteiger partial charge < -0.3 is 19.5 Å². The highest BCUT2D eigenvalue weighted by Gasteiger charge is 2.22. The van der Waals surface area contributed by atoms with E-state index < -0.39 is 0 Å². The average Bonchev–Trinajstić information content (AvgIpc) is 3.30. The summed E-state index contributed by atoms with van der Waals surface area (Å²) in [7, 11) is 1.79. The first-order valence-corrected chi connectivity index (χ1v) is 10.8. The van der Waals surface area contributed by atoms with E-state index in [0.29, 0.717) is 18.4 Å². The van der Waals surface area contributed by atoms with Crippen LogP contribution in [0, 0.1) is 19.8 Å². The summed E-state index contributed by atoms with van der Waals surface area (Å²) in [6.45, 7) is 14.6. The van der Waals surface area contributed by atoms with E-state index in [0.717, 1.165) is 68.1 Å². The quantitative estimate of drug-likeness (QED) is 0.552. The molecule has 8 nitrogen and oxygen atoms in total. The van der Waals surface area contributed by atoms with Crippen molar-refractivity contribution < 1.29 is 8.83 Å². The summed E-state index contributed by atoms with van der Waals surface area (Å²) in [5, 5.41) is 6.73. The summed E-state index contributed by atoms with van der Waals surface area (Å²) in [6, 6.07) is 0. The van der Waals surface area contributed by atoms with E-state index in [1.807, 2.05) is 20.0 Å². The molecular formula is C22H36N6O2. The van der Waals surface area contributed by atoms with E-state index in [1.54, 1.807) is 7.05 Å². The minimum Gasteiger partial charge on any atom is -0.444 e. The molecule has 2 aromatic heterocycles. The minimum absolute atomic E-state index is 0.0370. The average molecular weight is 417 g/mol. The van der Waals surface area contributed by atoms with Gasteiger partial charge in [-0.15, -0.1) is 0 Å². The summed E-state index contributed by atoms with van der Waals surface area (Å²) in [5.41, 5.74) is 0.951. The van der Waals surface area contributed by atoms with E-state index in [-0.39, 0.29) is 5.41 Å². The number of nitrogens with zero attached hydrogens (tertiary/aromatic N) is 4. The van der Waals surface area contributed by atoms with Gasteiger partial charge in [-0.25, -0.2) is 9.97 Å². The van der Waals surface area contributed by atoms with E-state index in [2.05, 4.69) is 51.3 Å². The van der Waals surface area contributed by atoms with Crippen LogP contribution < -0.4 is 10.6 Å². The highest BCUT2D eigenvalue weighted by molar-refractivity contribution is 5.79. The van der Waals surface area contributed by atoms with Gasteiger partial charge in [0.2, 0.25) is 11.8 Å². The fourth-order valence-corrected chi connectivity index (χ4v) is 3.51. The fourth-order valence-electron chi connectivity index (χ4n) is 3.51. The van der Waals surface area contributed by atoms with Gasteiger partial charge in [0.1, 0.15) is 11.5 Å². The third-order valence-corrected chi connectivity index (χ3v) is 5.62. The molecule has 0 aromatic carbocycles. The molecule has 1 saturated heterocycles. The van der Waals surface area contributed by atoms with Crippen molar-refractivity contribution in [3.05, 3.63) is 35.2 Å². The molecule has 3 rings (SSSR count). The van der Waals surface area contributed by atoms with E-state index in [4.69, 9.17) is 8.83 Å². The van der Waals surface area contributed by atoms with Gasteiger partial charge in [0.15, 0.2) is 5.96 Å². The molecule has 0 amide bonds. The van der Waals surface area contributed by atoms with Crippen LogP contribution in [0.3, 0.4) is 0 Å². The van der Waals surface area contributed by atoms with E-state index in [9.17, 15) is 0 Å². The monoisotopic (exact) mass is 416 g/mol. The lowest BCUT2D eigenvalue weighted by Gasteiger charge is -2.31. The zero-order valence-electron chi connectivity index (χ0n) is 19.2. The zero-order chi connectivity index (χ0) is 21.7. The first kappa shape index (κ1) is 22.3. The molecule has 0 saturated carbocycles. The molecule has 1 aliphatic heterocycles. The second-order valence-electron chi connectivity index (χ2n) is 9.14. The molecule has 1 fully saturated rings. The number of guanidine groups is 1. The number of aliphatic imine (C=N–C) groups is 1. The molecule has 0 spiro atoms. The van der Waals surface area contributed by atoms with Gasteiger partial charge in [-0.1, -0.05) is 20.8 Å². The molecule has 0 atom stereocenters. The number of aryl methyl sites for hydroxylation is 2. The lowest BCUT2D eigenvalue weighted by atomic mass is 9.94. The van der Waals surface area contributed by atoms with Crippen LogP contribution in [0.5, 0.6) is 0 Å². The van der Waals surface area contributed by atoms with Crippen molar-refractivity contribution in [3.8, 4) is 0 Å².